The van der Waals surface area contributed by atoms with Gasteiger partial charge in [0.05, 0.1) is 12.2 Å². The van der Waals surface area contributed by atoms with Crippen molar-refractivity contribution in [3.05, 3.63) is 42.4 Å². The Hall–Kier alpha value is -3.23. The molecule has 0 bridgehead atoms. The predicted octanol–water partition coefficient (Wildman–Crippen LogP) is 1.37. The van der Waals surface area contributed by atoms with Crippen LogP contribution in [0.1, 0.15) is 36.5 Å². The number of carbonyl (C=O) groups is 3. The largest absolute Gasteiger partial charge is 0.464 e. The Morgan fingerprint density at radius 1 is 1.21 bits per heavy atom. The lowest BCUT2D eigenvalue weighted by Crippen LogP contribution is -2.50. The summed E-state index contributed by atoms with van der Waals surface area (Å²) in [4.78, 5) is 42.3. The molecule has 148 valence electrons. The second-order valence-corrected chi connectivity index (χ2v) is 6.28. The molecule has 1 atom stereocenters. The molecule has 1 unspecified atom stereocenters. The summed E-state index contributed by atoms with van der Waals surface area (Å²) in [6, 6.07) is 4.33. The molecular formula is C19H22N4O5. The first-order valence-corrected chi connectivity index (χ1v) is 9.19. The van der Waals surface area contributed by atoms with Crippen LogP contribution in [0.5, 0.6) is 0 Å². The summed E-state index contributed by atoms with van der Waals surface area (Å²) in [7, 11) is 0. The lowest BCUT2D eigenvalue weighted by Gasteiger charge is -2.33. The molecule has 28 heavy (non-hydrogen) atoms. The number of likely N-dealkylation sites (tertiary alicyclic amines) is 1. The highest BCUT2D eigenvalue weighted by atomic mass is 16.5. The fourth-order valence-electron chi connectivity index (χ4n) is 3.05. The molecule has 9 nitrogen and oxygen atoms in total. The first kappa shape index (κ1) is 19.5. The van der Waals surface area contributed by atoms with Crippen LogP contribution < -0.4 is 0 Å². The molecule has 0 N–H and O–H groups in total. The third-order valence-electron chi connectivity index (χ3n) is 4.43. The Morgan fingerprint density at radius 2 is 2.07 bits per heavy atom. The SMILES string of the molecule is CCOC(=O)C1CCCCN1C(=O)COC(=O)c1ccc(-n2cccn2)nc1. The fraction of sp³-hybridized carbons (Fsp3) is 0.421. The molecule has 0 aliphatic carbocycles. The minimum Gasteiger partial charge on any atom is -0.464 e. The van der Waals surface area contributed by atoms with Crippen molar-refractivity contribution in [1.82, 2.24) is 19.7 Å². The Bertz CT molecular complexity index is 819. The van der Waals surface area contributed by atoms with Crippen molar-refractivity contribution >= 4 is 17.8 Å². The highest BCUT2D eigenvalue weighted by Crippen LogP contribution is 2.18. The number of carbonyl (C=O) groups excluding carboxylic acids is 3. The lowest BCUT2D eigenvalue weighted by molar-refractivity contribution is -0.157. The van der Waals surface area contributed by atoms with Gasteiger partial charge in [0, 0.05) is 25.1 Å². The molecule has 1 saturated heterocycles. The second kappa shape index (κ2) is 9.12. The number of aromatic nitrogens is 3. The van der Waals surface area contributed by atoms with E-state index in [1.54, 1.807) is 42.2 Å². The quantitative estimate of drug-likeness (QED) is 0.691. The zero-order valence-electron chi connectivity index (χ0n) is 15.6. The van der Waals surface area contributed by atoms with Gasteiger partial charge in [0.1, 0.15) is 6.04 Å². The van der Waals surface area contributed by atoms with Gasteiger partial charge in [-0.1, -0.05) is 0 Å². The maximum absolute atomic E-state index is 12.5. The maximum Gasteiger partial charge on any atom is 0.340 e. The van der Waals surface area contributed by atoms with Gasteiger partial charge in [-0.05, 0) is 44.4 Å². The lowest BCUT2D eigenvalue weighted by atomic mass is 10.0. The number of ether oxygens (including phenoxy) is 2. The van der Waals surface area contributed by atoms with Gasteiger partial charge in [0.15, 0.2) is 12.4 Å². The van der Waals surface area contributed by atoms with Crippen molar-refractivity contribution in [2.24, 2.45) is 0 Å². The summed E-state index contributed by atoms with van der Waals surface area (Å²) in [5, 5.41) is 4.06. The Balaban J connectivity index is 1.57. The molecule has 2 aromatic heterocycles. The topological polar surface area (TPSA) is 104 Å². The Kier molecular flexibility index (Phi) is 6.36. The summed E-state index contributed by atoms with van der Waals surface area (Å²) in [5.74, 6) is -0.923. The van der Waals surface area contributed by atoms with Crippen LogP contribution in [0.4, 0.5) is 0 Å². The van der Waals surface area contributed by atoms with Gasteiger partial charge in [0.2, 0.25) is 0 Å². The highest BCUT2D eigenvalue weighted by Gasteiger charge is 2.33. The molecular weight excluding hydrogens is 364 g/mol. The van der Waals surface area contributed by atoms with Crippen molar-refractivity contribution in [2.75, 3.05) is 19.8 Å². The van der Waals surface area contributed by atoms with E-state index in [0.29, 0.717) is 18.8 Å². The van der Waals surface area contributed by atoms with Crippen molar-refractivity contribution in [1.29, 1.82) is 0 Å². The first-order valence-electron chi connectivity index (χ1n) is 9.19. The van der Waals surface area contributed by atoms with Gasteiger partial charge in [-0.3, -0.25) is 4.79 Å². The van der Waals surface area contributed by atoms with Gasteiger partial charge in [-0.15, -0.1) is 0 Å². The van der Waals surface area contributed by atoms with E-state index in [1.807, 2.05) is 0 Å². The molecule has 1 fully saturated rings. The third-order valence-corrected chi connectivity index (χ3v) is 4.43. The molecule has 0 aromatic carbocycles. The smallest absolute Gasteiger partial charge is 0.340 e. The zero-order valence-corrected chi connectivity index (χ0v) is 15.6. The standard InChI is InChI=1S/C19H22N4O5/c1-2-27-19(26)15-6-3-4-10-22(15)17(24)13-28-18(25)14-7-8-16(20-12-14)23-11-5-9-21-23/h5,7-9,11-12,15H,2-4,6,10,13H2,1H3. The van der Waals surface area contributed by atoms with E-state index in [9.17, 15) is 14.4 Å². The van der Waals surface area contributed by atoms with Gasteiger partial charge < -0.3 is 14.4 Å². The van der Waals surface area contributed by atoms with Crippen LogP contribution >= 0.6 is 0 Å². The van der Waals surface area contributed by atoms with Gasteiger partial charge >= 0.3 is 11.9 Å². The van der Waals surface area contributed by atoms with Crippen molar-refractivity contribution in [3.63, 3.8) is 0 Å². The van der Waals surface area contributed by atoms with Gasteiger partial charge in [0.25, 0.3) is 5.91 Å². The van der Waals surface area contributed by atoms with E-state index in [4.69, 9.17) is 9.47 Å². The average molecular weight is 386 g/mol. The predicted molar refractivity (Wildman–Crippen MR) is 97.6 cm³/mol. The summed E-state index contributed by atoms with van der Waals surface area (Å²) < 4.78 is 11.7. The normalized spacial score (nSPS) is 16.5. The van der Waals surface area contributed by atoms with Crippen molar-refractivity contribution < 1.29 is 23.9 Å². The number of esters is 2. The number of rotatable bonds is 6. The number of hydrogen-bond acceptors (Lipinski definition) is 7. The third kappa shape index (κ3) is 4.54. The first-order chi connectivity index (χ1) is 13.6. The zero-order chi connectivity index (χ0) is 19.9. The summed E-state index contributed by atoms with van der Waals surface area (Å²) in [6.45, 7) is 1.99. The van der Waals surface area contributed by atoms with E-state index in [-0.39, 0.29) is 12.2 Å². The van der Waals surface area contributed by atoms with E-state index in [0.717, 1.165) is 12.8 Å². The van der Waals surface area contributed by atoms with Crippen LogP contribution in [-0.2, 0) is 19.1 Å². The summed E-state index contributed by atoms with van der Waals surface area (Å²) >= 11 is 0. The Morgan fingerprint density at radius 3 is 2.75 bits per heavy atom. The van der Waals surface area contributed by atoms with Crippen LogP contribution in [0.25, 0.3) is 5.82 Å². The molecule has 1 aliphatic heterocycles. The second-order valence-electron chi connectivity index (χ2n) is 6.28. The number of pyridine rings is 1. The molecule has 2 aromatic rings. The van der Waals surface area contributed by atoms with Crippen molar-refractivity contribution in [3.8, 4) is 5.82 Å². The molecule has 3 rings (SSSR count). The fourth-order valence-corrected chi connectivity index (χ4v) is 3.05. The maximum atomic E-state index is 12.5. The molecule has 3 heterocycles. The molecule has 0 radical (unpaired) electrons. The van der Waals surface area contributed by atoms with Crippen LogP contribution in [0.2, 0.25) is 0 Å². The van der Waals surface area contributed by atoms with E-state index in [1.165, 1.54) is 11.1 Å². The molecule has 0 spiro atoms. The van der Waals surface area contributed by atoms with Crippen LogP contribution in [0.3, 0.4) is 0 Å². The van der Waals surface area contributed by atoms with Crippen molar-refractivity contribution in [2.45, 2.75) is 32.2 Å². The van der Waals surface area contributed by atoms with Gasteiger partial charge in [-0.2, -0.15) is 5.10 Å². The highest BCUT2D eigenvalue weighted by molar-refractivity contribution is 5.92. The number of amides is 1. The van der Waals surface area contributed by atoms with Crippen LogP contribution in [0.15, 0.2) is 36.8 Å². The minimum absolute atomic E-state index is 0.226. The molecule has 0 saturated carbocycles. The van der Waals surface area contributed by atoms with E-state index < -0.39 is 30.5 Å². The van der Waals surface area contributed by atoms with Crippen LogP contribution in [0, 0.1) is 0 Å². The van der Waals surface area contributed by atoms with E-state index in [2.05, 4.69) is 10.1 Å². The van der Waals surface area contributed by atoms with Gasteiger partial charge in [-0.25, -0.2) is 19.3 Å². The minimum atomic E-state index is -0.655. The van der Waals surface area contributed by atoms with E-state index >= 15 is 0 Å². The number of piperidine rings is 1. The summed E-state index contributed by atoms with van der Waals surface area (Å²) in [6.07, 6.45) is 6.93. The number of nitrogens with zero attached hydrogens (tertiary/aromatic N) is 4. The molecule has 1 amide bonds. The number of hydrogen-bond donors (Lipinski definition) is 0. The van der Waals surface area contributed by atoms with Crippen LogP contribution in [-0.4, -0.2) is 63.3 Å². The summed E-state index contributed by atoms with van der Waals surface area (Å²) in [5.41, 5.74) is 0.226. The Labute approximate surface area is 162 Å². The molecule has 9 heteroatoms. The monoisotopic (exact) mass is 386 g/mol. The molecule has 1 aliphatic rings. The average Bonchev–Trinajstić information content (AvgIpc) is 3.27.